The Morgan fingerprint density at radius 3 is 2.89 bits per heavy atom. The summed E-state index contributed by atoms with van der Waals surface area (Å²) >= 11 is 0. The van der Waals surface area contributed by atoms with Crippen LogP contribution in [0.5, 0.6) is 0 Å². The molecule has 0 amide bonds. The summed E-state index contributed by atoms with van der Waals surface area (Å²) in [4.78, 5) is 9.44. The Morgan fingerprint density at radius 1 is 1.56 bits per heavy atom. The van der Waals surface area contributed by atoms with E-state index in [9.17, 15) is 4.79 Å². The Labute approximate surface area is 54.8 Å². The van der Waals surface area contributed by atoms with Crippen molar-refractivity contribution in [3.05, 3.63) is 24.3 Å². The number of hydrogen-bond acceptors (Lipinski definition) is 2. The summed E-state index contributed by atoms with van der Waals surface area (Å²) in [7, 11) is 0. The average molecular weight is 125 g/mol. The van der Waals surface area contributed by atoms with Crippen LogP contribution in [0.15, 0.2) is 24.3 Å². The summed E-state index contributed by atoms with van der Waals surface area (Å²) < 4.78 is 4.25. The molecule has 0 N–H and O–H groups in total. The van der Waals surface area contributed by atoms with Gasteiger partial charge in [-0.25, -0.2) is 4.79 Å². The van der Waals surface area contributed by atoms with E-state index in [4.69, 9.17) is 0 Å². The fraction of sp³-hybridized carbons (Fsp3) is 0.286. The lowest BCUT2D eigenvalue weighted by Gasteiger charge is -1.83. The second kappa shape index (κ2) is 6.95. The van der Waals surface area contributed by atoms with Crippen molar-refractivity contribution in [2.75, 3.05) is 6.61 Å². The van der Waals surface area contributed by atoms with Gasteiger partial charge in [0.05, 0.1) is 0 Å². The molecule has 0 aliphatic rings. The molecule has 0 aliphatic carbocycles. The number of rotatable bonds is 4. The first-order chi connectivity index (χ1) is 4.41. The van der Waals surface area contributed by atoms with Gasteiger partial charge in [-0.1, -0.05) is 18.2 Å². The van der Waals surface area contributed by atoms with Crippen molar-refractivity contribution in [2.24, 2.45) is 0 Å². The van der Waals surface area contributed by atoms with Crippen molar-refractivity contribution < 1.29 is 9.53 Å². The number of ether oxygens (including phenoxy) is 1. The highest BCUT2D eigenvalue weighted by molar-refractivity contribution is 5.38. The van der Waals surface area contributed by atoms with Crippen LogP contribution in [0.3, 0.4) is 0 Å². The van der Waals surface area contributed by atoms with Crippen molar-refractivity contribution in [2.45, 2.75) is 6.92 Å². The molecule has 0 aliphatic heterocycles. The highest BCUT2D eigenvalue weighted by atomic mass is 16.5. The molecule has 0 atom stereocenters. The van der Waals surface area contributed by atoms with E-state index >= 15 is 0 Å². The molecule has 0 aromatic rings. The number of allylic oxidation sites excluding steroid dienone is 3. The van der Waals surface area contributed by atoms with Gasteiger partial charge in [0.15, 0.2) is 0 Å². The highest BCUT2D eigenvalue weighted by Crippen LogP contribution is 1.76. The largest absolute Gasteiger partial charge is 0.453 e. The van der Waals surface area contributed by atoms with Crippen LogP contribution in [-0.4, -0.2) is 13.1 Å². The topological polar surface area (TPSA) is 26.3 Å². The van der Waals surface area contributed by atoms with Gasteiger partial charge in [0.1, 0.15) is 6.61 Å². The van der Waals surface area contributed by atoms with E-state index in [-0.39, 0.29) is 0 Å². The van der Waals surface area contributed by atoms with Gasteiger partial charge in [-0.15, -0.1) is 0 Å². The Kier molecular flexibility index (Phi) is 6.14. The molecule has 2 nitrogen and oxygen atoms in total. The van der Waals surface area contributed by atoms with Crippen molar-refractivity contribution in [1.82, 2.24) is 0 Å². The van der Waals surface area contributed by atoms with Crippen LogP contribution in [0.4, 0.5) is 0 Å². The Morgan fingerprint density at radius 2 is 2.33 bits per heavy atom. The fourth-order valence-electron chi connectivity index (χ4n) is 0.327. The molecule has 0 bridgehead atoms. The molecule has 0 saturated heterocycles. The van der Waals surface area contributed by atoms with Gasteiger partial charge in [-0.05, 0) is 13.0 Å². The van der Waals surface area contributed by atoms with Gasteiger partial charge in [0, 0.05) is 0 Å². The van der Waals surface area contributed by atoms with Gasteiger partial charge in [0.2, 0.25) is 0 Å². The minimum Gasteiger partial charge on any atom is -0.453 e. The van der Waals surface area contributed by atoms with Gasteiger partial charge < -0.3 is 4.74 Å². The quantitative estimate of drug-likeness (QED) is 0.417. The van der Waals surface area contributed by atoms with Crippen LogP contribution < -0.4 is 0 Å². The Balaban J connectivity index is 3.14. The molecule has 0 saturated carbocycles. The zero-order valence-electron chi connectivity index (χ0n) is 5.33. The zero-order chi connectivity index (χ0) is 6.95. The third-order valence-corrected chi connectivity index (χ3v) is 0.678. The maximum Gasteiger partial charge on any atom is 0.417 e. The van der Waals surface area contributed by atoms with E-state index in [2.05, 4.69) is 4.74 Å². The van der Waals surface area contributed by atoms with Crippen LogP contribution in [0.1, 0.15) is 6.92 Å². The molecule has 0 rings (SSSR count). The molecular weight excluding hydrogens is 116 g/mol. The second-order valence-corrected chi connectivity index (χ2v) is 1.35. The maximum absolute atomic E-state index is 9.44. The zero-order valence-corrected chi connectivity index (χ0v) is 5.33. The fourth-order valence-corrected chi connectivity index (χ4v) is 0.327. The predicted octanol–water partition coefficient (Wildman–Crippen LogP) is 1.20. The van der Waals surface area contributed by atoms with Gasteiger partial charge in [0.25, 0.3) is 0 Å². The van der Waals surface area contributed by atoms with Gasteiger partial charge in [-0.2, -0.15) is 0 Å². The van der Waals surface area contributed by atoms with E-state index in [1.807, 2.05) is 19.1 Å². The lowest BCUT2D eigenvalue weighted by Crippen LogP contribution is -1.84. The average Bonchev–Trinajstić information content (AvgIpc) is 1.89. The molecule has 9 heavy (non-hydrogen) atoms. The number of carbonyl (C=O) groups excluding carboxylic acids is 1. The first kappa shape index (κ1) is 7.95. The van der Waals surface area contributed by atoms with E-state index < -0.39 is 0 Å². The SMILES string of the molecule is C/C=C/C=C/CO[C]=O. The van der Waals surface area contributed by atoms with Crippen LogP contribution in [0.2, 0.25) is 0 Å². The second-order valence-electron chi connectivity index (χ2n) is 1.35. The summed E-state index contributed by atoms with van der Waals surface area (Å²) in [5, 5.41) is 0. The molecule has 0 heterocycles. The van der Waals surface area contributed by atoms with Crippen LogP contribution >= 0.6 is 0 Å². The van der Waals surface area contributed by atoms with Crippen LogP contribution in [-0.2, 0) is 9.53 Å². The van der Waals surface area contributed by atoms with Crippen molar-refractivity contribution >= 4 is 6.47 Å². The van der Waals surface area contributed by atoms with Crippen molar-refractivity contribution in [1.29, 1.82) is 0 Å². The van der Waals surface area contributed by atoms with E-state index in [1.165, 1.54) is 6.47 Å². The Hall–Kier alpha value is -1.05. The predicted molar refractivity (Wildman–Crippen MR) is 35.6 cm³/mol. The molecule has 0 aromatic carbocycles. The lowest BCUT2D eigenvalue weighted by atomic mass is 10.4. The molecular formula is C7H9O2. The molecule has 0 fully saturated rings. The number of hydrogen-bond donors (Lipinski definition) is 0. The maximum atomic E-state index is 9.44. The smallest absolute Gasteiger partial charge is 0.417 e. The third kappa shape index (κ3) is 6.95. The lowest BCUT2D eigenvalue weighted by molar-refractivity contribution is 0.314. The van der Waals surface area contributed by atoms with Gasteiger partial charge in [-0.3, -0.25) is 0 Å². The van der Waals surface area contributed by atoms with Crippen LogP contribution in [0, 0.1) is 0 Å². The Bertz CT molecular complexity index is 114. The highest BCUT2D eigenvalue weighted by Gasteiger charge is 1.72. The van der Waals surface area contributed by atoms with E-state index in [0.717, 1.165) is 0 Å². The normalized spacial score (nSPS) is 10.8. The van der Waals surface area contributed by atoms with E-state index in [1.54, 1.807) is 12.2 Å². The molecule has 49 valence electrons. The molecule has 2 heteroatoms. The molecule has 0 unspecified atom stereocenters. The van der Waals surface area contributed by atoms with Crippen molar-refractivity contribution in [3.8, 4) is 0 Å². The summed E-state index contributed by atoms with van der Waals surface area (Å²) in [6, 6.07) is 0. The third-order valence-electron chi connectivity index (χ3n) is 0.678. The molecule has 1 radical (unpaired) electrons. The first-order valence-electron chi connectivity index (χ1n) is 2.68. The summed E-state index contributed by atoms with van der Waals surface area (Å²) in [6.07, 6.45) is 7.28. The van der Waals surface area contributed by atoms with Crippen LogP contribution in [0.25, 0.3) is 0 Å². The van der Waals surface area contributed by atoms with E-state index in [0.29, 0.717) is 6.61 Å². The monoisotopic (exact) mass is 125 g/mol. The molecule has 0 aromatic heterocycles. The standard InChI is InChI=1S/C7H9O2/c1-2-3-4-5-6-9-7-8/h2-5H,6H2,1H3/b3-2+,5-4+. The van der Waals surface area contributed by atoms with Gasteiger partial charge >= 0.3 is 6.47 Å². The van der Waals surface area contributed by atoms with Crippen molar-refractivity contribution in [3.63, 3.8) is 0 Å². The minimum atomic E-state index is 0.299. The minimum absolute atomic E-state index is 0.299. The summed E-state index contributed by atoms with van der Waals surface area (Å²) in [5.74, 6) is 0. The summed E-state index contributed by atoms with van der Waals surface area (Å²) in [6.45, 7) is 3.53. The first-order valence-corrected chi connectivity index (χ1v) is 2.68. The molecule has 0 spiro atoms. The summed E-state index contributed by atoms with van der Waals surface area (Å²) in [5.41, 5.74) is 0.